The predicted molar refractivity (Wildman–Crippen MR) is 76.4 cm³/mol. The van der Waals surface area contributed by atoms with Crippen molar-refractivity contribution in [3.05, 3.63) is 18.2 Å². The Kier molecular flexibility index (Phi) is 4.44. The minimum Gasteiger partial charge on any atom is -0.397 e. The molecular formula is C12H21N3O3S. The van der Waals surface area contributed by atoms with E-state index in [9.17, 15) is 13.5 Å². The zero-order chi connectivity index (χ0) is 14.8. The highest BCUT2D eigenvalue weighted by atomic mass is 32.2. The standard InChI is InChI=1S/C12H21N3O3S/c1-4-15(8-12(2,3)16)11-7-9(19(14,17)18)5-6-10(11)13/h5-7,16H,4,8,13H2,1-3H3,(H2,14,17,18). The highest BCUT2D eigenvalue weighted by molar-refractivity contribution is 7.89. The maximum absolute atomic E-state index is 11.4. The molecule has 0 heterocycles. The van der Waals surface area contributed by atoms with Crippen LogP contribution in [0.25, 0.3) is 0 Å². The van der Waals surface area contributed by atoms with Gasteiger partial charge in [-0.1, -0.05) is 0 Å². The molecule has 0 bridgehead atoms. The van der Waals surface area contributed by atoms with Gasteiger partial charge in [-0.25, -0.2) is 13.6 Å². The van der Waals surface area contributed by atoms with Crippen LogP contribution in [-0.4, -0.2) is 32.2 Å². The summed E-state index contributed by atoms with van der Waals surface area (Å²) < 4.78 is 22.7. The monoisotopic (exact) mass is 287 g/mol. The third-order valence-electron chi connectivity index (χ3n) is 2.63. The number of aliphatic hydroxyl groups is 1. The lowest BCUT2D eigenvalue weighted by molar-refractivity contribution is 0.0876. The Bertz CT molecular complexity index is 550. The van der Waals surface area contributed by atoms with E-state index >= 15 is 0 Å². The molecule has 108 valence electrons. The molecule has 6 nitrogen and oxygen atoms in total. The first kappa shape index (κ1) is 15.7. The molecule has 0 aliphatic rings. The van der Waals surface area contributed by atoms with E-state index in [1.807, 2.05) is 11.8 Å². The lowest BCUT2D eigenvalue weighted by atomic mass is 10.1. The number of sulfonamides is 1. The van der Waals surface area contributed by atoms with Crippen molar-refractivity contribution in [2.75, 3.05) is 23.7 Å². The molecule has 1 aromatic rings. The summed E-state index contributed by atoms with van der Waals surface area (Å²) in [5.41, 5.74) is 5.95. The van der Waals surface area contributed by atoms with Crippen LogP contribution in [0.4, 0.5) is 11.4 Å². The molecule has 0 unspecified atom stereocenters. The molecule has 0 saturated heterocycles. The van der Waals surface area contributed by atoms with Crippen molar-refractivity contribution in [3.63, 3.8) is 0 Å². The summed E-state index contributed by atoms with van der Waals surface area (Å²) in [5.74, 6) is 0. The van der Waals surface area contributed by atoms with Gasteiger partial charge < -0.3 is 15.7 Å². The first-order valence-corrected chi connectivity index (χ1v) is 7.49. The fraction of sp³-hybridized carbons (Fsp3) is 0.500. The zero-order valence-corrected chi connectivity index (χ0v) is 12.2. The van der Waals surface area contributed by atoms with E-state index in [0.29, 0.717) is 24.5 Å². The van der Waals surface area contributed by atoms with Crippen LogP contribution in [-0.2, 0) is 10.0 Å². The van der Waals surface area contributed by atoms with Gasteiger partial charge in [-0.15, -0.1) is 0 Å². The van der Waals surface area contributed by atoms with Gasteiger partial charge in [-0.2, -0.15) is 0 Å². The topological polar surface area (TPSA) is 110 Å². The second-order valence-corrected chi connectivity index (χ2v) is 6.65. The van der Waals surface area contributed by atoms with Crippen molar-refractivity contribution in [1.82, 2.24) is 0 Å². The molecule has 0 saturated carbocycles. The van der Waals surface area contributed by atoms with E-state index < -0.39 is 15.6 Å². The largest absolute Gasteiger partial charge is 0.397 e. The van der Waals surface area contributed by atoms with Crippen molar-refractivity contribution in [2.24, 2.45) is 5.14 Å². The second-order valence-electron chi connectivity index (χ2n) is 5.09. The Hall–Kier alpha value is -1.31. The van der Waals surface area contributed by atoms with Crippen molar-refractivity contribution in [1.29, 1.82) is 0 Å². The molecular weight excluding hydrogens is 266 g/mol. The predicted octanol–water partition coefficient (Wildman–Crippen LogP) is 0.513. The average molecular weight is 287 g/mol. The molecule has 0 fully saturated rings. The van der Waals surface area contributed by atoms with E-state index in [0.717, 1.165) is 0 Å². The van der Waals surface area contributed by atoms with Crippen LogP contribution >= 0.6 is 0 Å². The summed E-state index contributed by atoms with van der Waals surface area (Å²) in [6.45, 7) is 6.17. The van der Waals surface area contributed by atoms with Gasteiger partial charge in [-0.3, -0.25) is 0 Å². The van der Waals surface area contributed by atoms with Crippen LogP contribution in [0.3, 0.4) is 0 Å². The molecule has 0 spiro atoms. The Morgan fingerprint density at radius 3 is 2.37 bits per heavy atom. The van der Waals surface area contributed by atoms with Crippen molar-refractivity contribution in [2.45, 2.75) is 31.3 Å². The van der Waals surface area contributed by atoms with E-state index in [4.69, 9.17) is 10.9 Å². The highest BCUT2D eigenvalue weighted by Gasteiger charge is 2.20. The molecule has 19 heavy (non-hydrogen) atoms. The van der Waals surface area contributed by atoms with Crippen molar-refractivity contribution < 1.29 is 13.5 Å². The molecule has 1 aromatic carbocycles. The number of anilines is 2. The fourth-order valence-corrected chi connectivity index (χ4v) is 2.34. The Morgan fingerprint density at radius 1 is 1.37 bits per heavy atom. The molecule has 0 aliphatic carbocycles. The number of rotatable bonds is 5. The molecule has 0 aromatic heterocycles. The molecule has 0 radical (unpaired) electrons. The van der Waals surface area contributed by atoms with Crippen LogP contribution in [0.15, 0.2) is 23.1 Å². The van der Waals surface area contributed by atoms with Gasteiger partial charge in [0.2, 0.25) is 10.0 Å². The maximum Gasteiger partial charge on any atom is 0.238 e. The van der Waals surface area contributed by atoms with E-state index in [1.54, 1.807) is 13.8 Å². The fourth-order valence-electron chi connectivity index (χ4n) is 1.81. The number of nitrogen functional groups attached to an aromatic ring is 1. The lowest BCUT2D eigenvalue weighted by Crippen LogP contribution is -2.39. The summed E-state index contributed by atoms with van der Waals surface area (Å²) >= 11 is 0. The quantitative estimate of drug-likeness (QED) is 0.684. The molecule has 5 N–H and O–H groups in total. The molecule has 1 rings (SSSR count). The minimum absolute atomic E-state index is 0.00546. The summed E-state index contributed by atoms with van der Waals surface area (Å²) in [7, 11) is -3.77. The van der Waals surface area contributed by atoms with Crippen LogP contribution in [0, 0.1) is 0 Å². The van der Waals surface area contributed by atoms with Gasteiger partial charge in [0.25, 0.3) is 0 Å². The van der Waals surface area contributed by atoms with Gasteiger partial charge in [0.15, 0.2) is 0 Å². The van der Waals surface area contributed by atoms with E-state index in [1.165, 1.54) is 18.2 Å². The van der Waals surface area contributed by atoms with Gasteiger partial charge >= 0.3 is 0 Å². The van der Waals surface area contributed by atoms with Crippen molar-refractivity contribution >= 4 is 21.4 Å². The first-order valence-electron chi connectivity index (χ1n) is 5.94. The minimum atomic E-state index is -3.77. The number of nitrogens with zero attached hydrogens (tertiary/aromatic N) is 1. The number of primary sulfonamides is 1. The normalized spacial score (nSPS) is 12.5. The van der Waals surface area contributed by atoms with Gasteiger partial charge in [0, 0.05) is 13.1 Å². The summed E-state index contributed by atoms with van der Waals surface area (Å²) in [4.78, 5) is 1.81. The lowest BCUT2D eigenvalue weighted by Gasteiger charge is -2.31. The number of likely N-dealkylation sites (N-methyl/N-ethyl adjacent to an activating group) is 1. The molecule has 0 atom stereocenters. The second kappa shape index (κ2) is 5.36. The first-order chi connectivity index (χ1) is 8.54. The number of hydrogen-bond acceptors (Lipinski definition) is 5. The number of benzene rings is 1. The Labute approximate surface area is 114 Å². The summed E-state index contributed by atoms with van der Waals surface area (Å²) in [6.07, 6.45) is 0. The third-order valence-corrected chi connectivity index (χ3v) is 3.54. The van der Waals surface area contributed by atoms with Crippen LogP contribution in [0.5, 0.6) is 0 Å². The summed E-state index contributed by atoms with van der Waals surface area (Å²) in [5, 5.41) is 15.0. The van der Waals surface area contributed by atoms with Crippen LogP contribution in [0.2, 0.25) is 0 Å². The number of hydrogen-bond donors (Lipinski definition) is 3. The van der Waals surface area contributed by atoms with Crippen LogP contribution < -0.4 is 15.8 Å². The van der Waals surface area contributed by atoms with Crippen LogP contribution in [0.1, 0.15) is 20.8 Å². The van der Waals surface area contributed by atoms with E-state index in [-0.39, 0.29) is 4.90 Å². The zero-order valence-electron chi connectivity index (χ0n) is 11.4. The Balaban J connectivity index is 3.24. The SMILES string of the molecule is CCN(CC(C)(C)O)c1cc(S(N)(=O)=O)ccc1N. The van der Waals surface area contributed by atoms with Gasteiger partial charge in [0.1, 0.15) is 0 Å². The maximum atomic E-state index is 11.4. The molecule has 0 aliphatic heterocycles. The summed E-state index contributed by atoms with van der Waals surface area (Å²) in [6, 6.07) is 4.30. The molecule has 0 amide bonds. The van der Waals surface area contributed by atoms with E-state index in [2.05, 4.69) is 0 Å². The van der Waals surface area contributed by atoms with Crippen molar-refractivity contribution in [3.8, 4) is 0 Å². The Morgan fingerprint density at radius 2 is 1.95 bits per heavy atom. The molecule has 7 heteroatoms. The number of nitrogens with two attached hydrogens (primary N) is 2. The van der Waals surface area contributed by atoms with Gasteiger partial charge in [-0.05, 0) is 39.0 Å². The average Bonchev–Trinajstić information content (AvgIpc) is 2.24. The van der Waals surface area contributed by atoms with Gasteiger partial charge in [0.05, 0.1) is 21.9 Å². The highest BCUT2D eigenvalue weighted by Crippen LogP contribution is 2.27. The smallest absolute Gasteiger partial charge is 0.238 e. The third kappa shape index (κ3) is 4.38.